The molecule has 7 nitrogen and oxygen atoms in total. The number of rotatable bonds is 5. The lowest BCUT2D eigenvalue weighted by molar-refractivity contribution is -0.130. The summed E-state index contributed by atoms with van der Waals surface area (Å²) in [4.78, 5) is 18.9. The van der Waals surface area contributed by atoms with E-state index in [4.69, 9.17) is 9.72 Å². The van der Waals surface area contributed by atoms with Crippen LogP contribution in [0.4, 0.5) is 0 Å². The minimum absolute atomic E-state index is 0.130. The molecule has 0 atom stereocenters. The fourth-order valence-electron chi connectivity index (χ4n) is 4.71. The summed E-state index contributed by atoms with van der Waals surface area (Å²) in [5.41, 5.74) is 1.39. The van der Waals surface area contributed by atoms with Crippen molar-refractivity contribution in [3.8, 4) is 5.75 Å². The van der Waals surface area contributed by atoms with Crippen molar-refractivity contribution in [2.24, 2.45) is 5.92 Å². The molecule has 1 aromatic heterocycles. The molecule has 0 bridgehead atoms. The molecule has 1 saturated heterocycles. The van der Waals surface area contributed by atoms with E-state index in [1.54, 1.807) is 37.3 Å². The number of carbonyl (C=O) groups is 1. The summed E-state index contributed by atoms with van der Waals surface area (Å²) in [7, 11) is -2.31. The molecule has 9 heteroatoms. The lowest BCUT2D eigenvalue weighted by atomic mass is 9.93. The van der Waals surface area contributed by atoms with Crippen molar-refractivity contribution in [1.82, 2.24) is 14.5 Å². The van der Waals surface area contributed by atoms with Crippen LogP contribution in [-0.4, -0.2) is 49.0 Å². The van der Waals surface area contributed by atoms with Gasteiger partial charge in [-0.1, -0.05) is 20.8 Å². The summed E-state index contributed by atoms with van der Waals surface area (Å²) < 4.78 is 35.5. The summed E-state index contributed by atoms with van der Waals surface area (Å²) in [5, 5.41) is 0. The number of likely N-dealkylation sites (tertiary alicyclic amines) is 1. The van der Waals surface area contributed by atoms with E-state index in [1.165, 1.54) is 7.11 Å². The van der Waals surface area contributed by atoms with Crippen LogP contribution in [0.3, 0.4) is 0 Å². The first-order valence-electron chi connectivity index (χ1n) is 11.8. The number of methoxy groups -OCH3 is 1. The maximum Gasteiger partial charge on any atom is 0.219 e. The molecule has 3 aromatic rings. The van der Waals surface area contributed by atoms with E-state index in [0.717, 1.165) is 47.4 Å². The average molecular weight is 610 g/mol. The maximum atomic E-state index is 13.5. The SMILES string of the molecule is COc1cc(I)ccc1S(=O)(=O)c1ccc2c(c1)nc(C(C)(C)C)n2CC1CCN(C(C)=O)CC1. The molecular weight excluding hydrogens is 577 g/mol. The summed E-state index contributed by atoms with van der Waals surface area (Å²) in [5.74, 6) is 1.83. The van der Waals surface area contributed by atoms with Crippen LogP contribution in [0.15, 0.2) is 46.2 Å². The number of aromatic nitrogens is 2. The Morgan fingerprint density at radius 2 is 1.83 bits per heavy atom. The molecule has 4 rings (SSSR count). The van der Waals surface area contributed by atoms with Crippen molar-refractivity contribution in [1.29, 1.82) is 0 Å². The highest BCUT2D eigenvalue weighted by Gasteiger charge is 2.29. The predicted molar refractivity (Wildman–Crippen MR) is 145 cm³/mol. The van der Waals surface area contributed by atoms with Gasteiger partial charge in [0, 0.05) is 35.5 Å². The highest BCUT2D eigenvalue weighted by atomic mass is 127. The molecular formula is C26H32IN3O4S. The second-order valence-electron chi connectivity index (χ2n) is 10.2. The fraction of sp³-hybridized carbons (Fsp3) is 0.462. The van der Waals surface area contributed by atoms with E-state index in [9.17, 15) is 13.2 Å². The number of halogens is 1. The zero-order valence-corrected chi connectivity index (χ0v) is 23.8. The Morgan fingerprint density at radius 3 is 2.43 bits per heavy atom. The van der Waals surface area contributed by atoms with Gasteiger partial charge in [-0.25, -0.2) is 13.4 Å². The second kappa shape index (κ2) is 9.72. The van der Waals surface area contributed by atoms with Gasteiger partial charge in [-0.05, 0) is 77.7 Å². The number of benzene rings is 2. The van der Waals surface area contributed by atoms with Crippen LogP contribution >= 0.6 is 22.6 Å². The third-order valence-electron chi connectivity index (χ3n) is 6.62. The van der Waals surface area contributed by atoms with Crippen molar-refractivity contribution in [2.75, 3.05) is 20.2 Å². The first-order chi connectivity index (χ1) is 16.4. The molecule has 0 aliphatic carbocycles. The summed E-state index contributed by atoms with van der Waals surface area (Å²) in [6.45, 7) is 10.3. The Balaban J connectivity index is 1.73. The van der Waals surface area contributed by atoms with E-state index in [0.29, 0.717) is 17.2 Å². The molecule has 1 amide bonds. The lowest BCUT2D eigenvalue weighted by Crippen LogP contribution is -2.38. The molecule has 0 N–H and O–H groups in total. The van der Waals surface area contributed by atoms with Gasteiger partial charge in [0.15, 0.2) is 0 Å². The predicted octanol–water partition coefficient (Wildman–Crippen LogP) is 5.04. The van der Waals surface area contributed by atoms with Crippen LogP contribution < -0.4 is 4.74 Å². The summed E-state index contributed by atoms with van der Waals surface area (Å²) in [6, 6.07) is 10.3. The Bertz CT molecular complexity index is 1370. The molecule has 0 unspecified atom stereocenters. The maximum absolute atomic E-state index is 13.5. The number of fused-ring (bicyclic) bond motifs is 1. The van der Waals surface area contributed by atoms with Gasteiger partial charge in [-0.3, -0.25) is 4.79 Å². The van der Waals surface area contributed by atoms with Crippen molar-refractivity contribution in [3.05, 3.63) is 45.8 Å². The molecule has 2 aromatic carbocycles. The number of carbonyl (C=O) groups excluding carboxylic acids is 1. The first-order valence-corrected chi connectivity index (χ1v) is 14.3. The lowest BCUT2D eigenvalue weighted by Gasteiger charge is -2.32. The van der Waals surface area contributed by atoms with Gasteiger partial charge in [-0.15, -0.1) is 0 Å². The van der Waals surface area contributed by atoms with Gasteiger partial charge in [0.1, 0.15) is 16.5 Å². The molecule has 0 radical (unpaired) electrons. The quantitative estimate of drug-likeness (QED) is 0.379. The standard InChI is InChI=1S/C26H32IN3O4S/c1-17(31)29-12-10-18(11-13-29)16-30-22-8-7-20(15-21(22)28-25(30)26(2,3)4)35(32,33)24-9-6-19(27)14-23(24)34-5/h6-9,14-15,18H,10-13,16H2,1-5H3. The van der Waals surface area contributed by atoms with Crippen LogP contribution in [0.25, 0.3) is 11.0 Å². The van der Waals surface area contributed by atoms with E-state index in [-0.39, 0.29) is 21.1 Å². The highest BCUT2D eigenvalue weighted by molar-refractivity contribution is 14.1. The van der Waals surface area contributed by atoms with Gasteiger partial charge < -0.3 is 14.2 Å². The number of sulfone groups is 1. The first kappa shape index (κ1) is 25.9. The van der Waals surface area contributed by atoms with Gasteiger partial charge in [0.2, 0.25) is 15.7 Å². The normalized spacial score (nSPS) is 15.5. The van der Waals surface area contributed by atoms with Crippen LogP contribution in [0, 0.1) is 9.49 Å². The second-order valence-corrected chi connectivity index (χ2v) is 13.4. The molecule has 35 heavy (non-hydrogen) atoms. The third-order valence-corrected chi connectivity index (χ3v) is 9.08. The van der Waals surface area contributed by atoms with Crippen molar-refractivity contribution in [3.63, 3.8) is 0 Å². The minimum atomic E-state index is -3.79. The monoisotopic (exact) mass is 609 g/mol. The Hall–Kier alpha value is -2.14. The minimum Gasteiger partial charge on any atom is -0.495 e. The van der Waals surface area contributed by atoms with E-state index in [2.05, 4.69) is 47.9 Å². The molecule has 1 aliphatic rings. The Morgan fingerprint density at radius 1 is 1.14 bits per heavy atom. The van der Waals surface area contributed by atoms with E-state index < -0.39 is 9.84 Å². The van der Waals surface area contributed by atoms with Crippen LogP contribution in [0.5, 0.6) is 5.75 Å². The van der Waals surface area contributed by atoms with Crippen molar-refractivity contribution >= 4 is 49.4 Å². The van der Waals surface area contributed by atoms with Gasteiger partial charge in [0.25, 0.3) is 0 Å². The molecule has 2 heterocycles. The number of nitrogens with zero attached hydrogens (tertiary/aromatic N) is 3. The number of hydrogen-bond acceptors (Lipinski definition) is 5. The number of hydrogen-bond donors (Lipinski definition) is 0. The number of piperidine rings is 1. The number of ether oxygens (including phenoxy) is 1. The molecule has 1 fully saturated rings. The highest BCUT2D eigenvalue weighted by Crippen LogP contribution is 2.34. The zero-order valence-electron chi connectivity index (χ0n) is 20.8. The average Bonchev–Trinajstić information content (AvgIpc) is 3.17. The zero-order chi connectivity index (χ0) is 25.5. The van der Waals surface area contributed by atoms with Gasteiger partial charge in [0.05, 0.1) is 23.0 Å². The Kier molecular flexibility index (Phi) is 7.21. The fourth-order valence-corrected chi connectivity index (χ4v) is 6.60. The number of imidazole rings is 1. The summed E-state index contributed by atoms with van der Waals surface area (Å²) in [6.07, 6.45) is 1.89. The molecule has 188 valence electrons. The molecule has 1 aliphatic heterocycles. The largest absolute Gasteiger partial charge is 0.495 e. The van der Waals surface area contributed by atoms with E-state index in [1.807, 2.05) is 11.0 Å². The smallest absolute Gasteiger partial charge is 0.219 e. The van der Waals surface area contributed by atoms with Crippen LogP contribution in [0.2, 0.25) is 0 Å². The topological polar surface area (TPSA) is 81.5 Å². The summed E-state index contributed by atoms with van der Waals surface area (Å²) >= 11 is 2.13. The van der Waals surface area contributed by atoms with Gasteiger partial charge >= 0.3 is 0 Å². The Labute approximate surface area is 220 Å². The van der Waals surface area contributed by atoms with Crippen molar-refractivity contribution in [2.45, 2.75) is 62.3 Å². The van der Waals surface area contributed by atoms with E-state index >= 15 is 0 Å². The number of amides is 1. The van der Waals surface area contributed by atoms with Crippen LogP contribution in [0.1, 0.15) is 46.4 Å². The molecule has 0 saturated carbocycles. The third kappa shape index (κ3) is 5.21. The van der Waals surface area contributed by atoms with Gasteiger partial charge in [-0.2, -0.15) is 0 Å². The van der Waals surface area contributed by atoms with Crippen LogP contribution in [-0.2, 0) is 26.6 Å². The molecule has 0 spiro atoms. The van der Waals surface area contributed by atoms with Crippen molar-refractivity contribution < 1.29 is 17.9 Å².